The number of nitrogens with zero attached hydrogens (tertiary/aromatic N) is 2. The number of benzene rings is 1. The van der Waals surface area contributed by atoms with E-state index >= 15 is 0 Å². The Morgan fingerprint density at radius 2 is 1.79 bits per heavy atom. The lowest BCUT2D eigenvalue weighted by Crippen LogP contribution is -2.22. The molecule has 0 bridgehead atoms. The molecule has 1 aliphatic heterocycles. The summed E-state index contributed by atoms with van der Waals surface area (Å²) in [6, 6.07) is 8.48. The first-order valence-electron chi connectivity index (χ1n) is 10.7. The molecule has 0 fully saturated rings. The summed E-state index contributed by atoms with van der Waals surface area (Å²) in [6.07, 6.45) is 5.28. The first-order chi connectivity index (χ1) is 16.1. The number of carbonyl (C=O) groups is 2. The van der Waals surface area contributed by atoms with Crippen LogP contribution in [-0.4, -0.2) is 35.7 Å². The van der Waals surface area contributed by atoms with Crippen LogP contribution in [0.2, 0.25) is 0 Å². The van der Waals surface area contributed by atoms with Crippen LogP contribution in [0.1, 0.15) is 50.6 Å². The Morgan fingerprint density at radius 3 is 2.61 bits per heavy atom. The van der Waals surface area contributed by atoms with Crippen LogP contribution in [0.25, 0.3) is 0 Å². The number of furan rings is 1. The quantitative estimate of drug-likeness (QED) is 0.593. The predicted octanol–water partition coefficient (Wildman–Crippen LogP) is 3.48. The minimum atomic E-state index is -0.362. The van der Waals surface area contributed by atoms with Gasteiger partial charge >= 0.3 is 0 Å². The second-order valence-corrected chi connectivity index (χ2v) is 7.76. The molecular weight excluding hydrogens is 424 g/mol. The highest BCUT2D eigenvalue weighted by atomic mass is 16.6. The average molecular weight is 446 g/mol. The van der Waals surface area contributed by atoms with Gasteiger partial charge in [0.1, 0.15) is 19.0 Å². The molecule has 1 aliphatic carbocycles. The number of ether oxygens (including phenoxy) is 2. The van der Waals surface area contributed by atoms with Gasteiger partial charge in [-0.05, 0) is 44.0 Å². The lowest BCUT2D eigenvalue weighted by molar-refractivity contribution is 0.0953. The van der Waals surface area contributed by atoms with Crippen molar-refractivity contribution in [3.05, 3.63) is 70.9 Å². The standard InChI is InChI=1S/C24H22N4O5/c1-14-21-17(27-28-23(29)15-7-9-25-10-8-15)3-2-4-19(21)33-22(14)24(30)26-16-5-6-18-20(13-16)32-12-11-31-18/h5-10,13H,2-4,11-12H2,1H3,(H,26,30)(H,28,29)/b27-17+. The van der Waals surface area contributed by atoms with E-state index in [-0.39, 0.29) is 17.6 Å². The molecular formula is C24H22N4O5. The molecule has 1 aromatic carbocycles. The molecule has 3 aromatic rings. The molecule has 2 aromatic heterocycles. The van der Waals surface area contributed by atoms with E-state index < -0.39 is 0 Å². The number of aromatic nitrogens is 1. The summed E-state index contributed by atoms with van der Waals surface area (Å²) in [5.41, 5.74) is 5.81. The van der Waals surface area contributed by atoms with E-state index in [4.69, 9.17) is 13.9 Å². The number of hydrazone groups is 1. The largest absolute Gasteiger partial charge is 0.486 e. The Balaban J connectivity index is 1.36. The third-order valence-corrected chi connectivity index (χ3v) is 5.57. The van der Waals surface area contributed by atoms with Gasteiger partial charge in [0.25, 0.3) is 11.8 Å². The number of amides is 2. The highest BCUT2D eigenvalue weighted by molar-refractivity contribution is 6.09. The first kappa shape index (κ1) is 20.7. The van der Waals surface area contributed by atoms with E-state index in [1.54, 1.807) is 42.7 Å². The van der Waals surface area contributed by atoms with Crippen molar-refractivity contribution in [2.75, 3.05) is 18.5 Å². The average Bonchev–Trinajstić information content (AvgIpc) is 3.20. The predicted molar refractivity (Wildman–Crippen MR) is 120 cm³/mol. The number of pyridine rings is 1. The van der Waals surface area contributed by atoms with Crippen LogP contribution in [0.4, 0.5) is 5.69 Å². The van der Waals surface area contributed by atoms with Crippen molar-refractivity contribution in [3.63, 3.8) is 0 Å². The molecule has 9 nitrogen and oxygen atoms in total. The van der Waals surface area contributed by atoms with E-state index in [1.807, 2.05) is 6.92 Å². The van der Waals surface area contributed by atoms with Crippen LogP contribution in [0.5, 0.6) is 11.5 Å². The Morgan fingerprint density at radius 1 is 1.00 bits per heavy atom. The molecule has 0 radical (unpaired) electrons. The summed E-state index contributed by atoms with van der Waals surface area (Å²) in [4.78, 5) is 29.2. The molecule has 2 N–H and O–H groups in total. The van der Waals surface area contributed by atoms with Crippen LogP contribution in [0.3, 0.4) is 0 Å². The van der Waals surface area contributed by atoms with Crippen LogP contribution in [-0.2, 0) is 6.42 Å². The van der Waals surface area contributed by atoms with E-state index in [0.717, 1.165) is 12.0 Å². The Kier molecular flexibility index (Phi) is 5.52. The maximum atomic E-state index is 13.0. The number of hydrogen-bond donors (Lipinski definition) is 2. The third kappa shape index (κ3) is 4.17. The number of fused-ring (bicyclic) bond motifs is 2. The number of carbonyl (C=O) groups excluding carboxylic acids is 2. The molecule has 0 spiro atoms. The molecule has 33 heavy (non-hydrogen) atoms. The molecule has 2 amide bonds. The highest BCUT2D eigenvalue weighted by Crippen LogP contribution is 2.34. The number of nitrogens with one attached hydrogen (secondary N) is 2. The molecule has 0 atom stereocenters. The zero-order valence-electron chi connectivity index (χ0n) is 18.0. The SMILES string of the molecule is Cc1c(C(=O)Nc2ccc3c(c2)OCCO3)oc2c1/C(=N/NC(=O)c1ccncc1)CCC2. The van der Waals surface area contributed by atoms with Gasteiger partial charge in [0.2, 0.25) is 0 Å². The highest BCUT2D eigenvalue weighted by Gasteiger charge is 2.28. The van der Waals surface area contributed by atoms with E-state index in [2.05, 4.69) is 20.8 Å². The maximum absolute atomic E-state index is 13.0. The van der Waals surface area contributed by atoms with Gasteiger partial charge in [0.05, 0.1) is 5.71 Å². The fourth-order valence-corrected chi connectivity index (χ4v) is 3.99. The van der Waals surface area contributed by atoms with Crippen LogP contribution < -0.4 is 20.2 Å². The summed E-state index contributed by atoms with van der Waals surface area (Å²) in [6.45, 7) is 2.80. The van der Waals surface area contributed by atoms with Crippen molar-refractivity contribution in [2.24, 2.45) is 5.10 Å². The fourth-order valence-electron chi connectivity index (χ4n) is 3.99. The van der Waals surface area contributed by atoms with E-state index in [1.165, 1.54) is 0 Å². The number of anilines is 1. The minimum Gasteiger partial charge on any atom is -0.486 e. The van der Waals surface area contributed by atoms with Gasteiger partial charge < -0.3 is 19.2 Å². The first-order valence-corrected chi connectivity index (χ1v) is 10.7. The van der Waals surface area contributed by atoms with Gasteiger partial charge in [-0.1, -0.05) is 0 Å². The van der Waals surface area contributed by atoms with Crippen molar-refractivity contribution in [3.8, 4) is 11.5 Å². The lowest BCUT2D eigenvalue weighted by Gasteiger charge is -2.18. The van der Waals surface area contributed by atoms with Crippen LogP contribution >= 0.6 is 0 Å². The zero-order valence-corrected chi connectivity index (χ0v) is 18.0. The van der Waals surface area contributed by atoms with Gasteiger partial charge in [0, 0.05) is 47.3 Å². The third-order valence-electron chi connectivity index (χ3n) is 5.57. The van der Waals surface area contributed by atoms with Crippen molar-refractivity contribution >= 4 is 23.2 Å². The van der Waals surface area contributed by atoms with E-state index in [9.17, 15) is 9.59 Å². The summed E-state index contributed by atoms with van der Waals surface area (Å²) >= 11 is 0. The summed E-state index contributed by atoms with van der Waals surface area (Å²) in [5, 5.41) is 7.20. The molecule has 0 saturated carbocycles. The van der Waals surface area contributed by atoms with Crippen molar-refractivity contribution in [1.82, 2.24) is 10.4 Å². The second-order valence-electron chi connectivity index (χ2n) is 7.76. The number of rotatable bonds is 4. The molecule has 0 unspecified atom stereocenters. The monoisotopic (exact) mass is 446 g/mol. The normalized spacial score (nSPS) is 15.6. The molecule has 0 saturated heterocycles. The topological polar surface area (TPSA) is 115 Å². The van der Waals surface area contributed by atoms with Gasteiger partial charge in [-0.15, -0.1) is 0 Å². The molecule has 168 valence electrons. The Labute approximate surface area is 189 Å². The van der Waals surface area contributed by atoms with Crippen molar-refractivity contribution in [1.29, 1.82) is 0 Å². The molecule has 2 aliphatic rings. The second kappa shape index (κ2) is 8.78. The van der Waals surface area contributed by atoms with E-state index in [0.29, 0.717) is 65.8 Å². The molecule has 9 heteroatoms. The number of hydrogen-bond acceptors (Lipinski definition) is 7. The minimum absolute atomic E-state index is 0.227. The maximum Gasteiger partial charge on any atom is 0.291 e. The lowest BCUT2D eigenvalue weighted by atomic mass is 9.93. The van der Waals surface area contributed by atoms with Crippen LogP contribution in [0, 0.1) is 6.92 Å². The van der Waals surface area contributed by atoms with Crippen LogP contribution in [0.15, 0.2) is 52.2 Å². The van der Waals surface area contributed by atoms with Crippen molar-refractivity contribution in [2.45, 2.75) is 26.2 Å². The smallest absolute Gasteiger partial charge is 0.291 e. The summed E-state index contributed by atoms with van der Waals surface area (Å²) in [7, 11) is 0. The Bertz CT molecular complexity index is 1250. The molecule has 5 rings (SSSR count). The molecule has 3 heterocycles. The summed E-state index contributed by atoms with van der Waals surface area (Å²) < 4.78 is 17.0. The van der Waals surface area contributed by atoms with Gasteiger partial charge in [0.15, 0.2) is 17.3 Å². The van der Waals surface area contributed by atoms with Gasteiger partial charge in [-0.3, -0.25) is 14.6 Å². The summed E-state index contributed by atoms with van der Waals surface area (Å²) in [5.74, 6) is 1.48. The van der Waals surface area contributed by atoms with Crippen molar-refractivity contribution < 1.29 is 23.5 Å². The number of aryl methyl sites for hydroxylation is 1. The van der Waals surface area contributed by atoms with Gasteiger partial charge in [-0.2, -0.15) is 5.10 Å². The van der Waals surface area contributed by atoms with Gasteiger partial charge in [-0.25, -0.2) is 5.43 Å². The fraction of sp³-hybridized carbons (Fsp3) is 0.250. The Hall–Kier alpha value is -4.14. The zero-order chi connectivity index (χ0) is 22.8.